The van der Waals surface area contributed by atoms with Crippen molar-refractivity contribution in [1.29, 1.82) is 0 Å². The second-order valence-electron chi connectivity index (χ2n) is 19.1. The maximum absolute atomic E-state index is 12.5. The highest BCUT2D eigenvalue weighted by molar-refractivity contribution is 5.80. The minimum atomic E-state index is -1.11. The van der Waals surface area contributed by atoms with Gasteiger partial charge < -0.3 is 20.6 Å². The summed E-state index contributed by atoms with van der Waals surface area (Å²) in [6, 6.07) is -0.824. The Balaban J connectivity index is 3.63. The van der Waals surface area contributed by atoms with Crippen molar-refractivity contribution in [2.75, 3.05) is 6.61 Å². The fraction of sp³-hybridized carbons (Fsp3) is 0.814. The number of rotatable bonds is 51. The Morgan fingerprint density at radius 2 is 0.688 bits per heavy atom. The molecule has 3 atom stereocenters. The number of carbonyl (C=O) groups is 1. The quantitative estimate of drug-likeness (QED) is 0.0362. The zero-order chi connectivity index (χ0) is 46.5. The van der Waals surface area contributed by atoms with Crippen molar-refractivity contribution < 1.29 is 20.1 Å². The Kier molecular flexibility index (Phi) is 52.0. The Morgan fingerprint density at radius 1 is 0.391 bits per heavy atom. The molecule has 0 aliphatic carbocycles. The normalized spacial score (nSPS) is 13.8. The van der Waals surface area contributed by atoms with E-state index in [-0.39, 0.29) is 6.61 Å². The maximum Gasteiger partial charge on any atom is 0.249 e. The van der Waals surface area contributed by atoms with E-state index in [0.29, 0.717) is 6.42 Å². The topological polar surface area (TPSA) is 89.8 Å². The molecule has 0 saturated heterocycles. The summed E-state index contributed by atoms with van der Waals surface area (Å²) in [6.07, 6.45) is 73.0. The Labute approximate surface area is 399 Å². The molecule has 5 nitrogen and oxygen atoms in total. The summed E-state index contributed by atoms with van der Waals surface area (Å²) in [6.45, 7) is 4.18. The van der Waals surface area contributed by atoms with E-state index in [1.54, 1.807) is 6.08 Å². The number of aliphatic hydroxyl groups is 3. The molecule has 1 amide bonds. The number of hydrogen-bond donors (Lipinski definition) is 4. The third-order valence-corrected chi connectivity index (χ3v) is 12.8. The second kappa shape index (κ2) is 53.7. The van der Waals surface area contributed by atoms with Crippen LogP contribution in [-0.2, 0) is 4.79 Å². The molecule has 0 spiro atoms. The summed E-state index contributed by atoms with van der Waals surface area (Å²) < 4.78 is 0. The van der Waals surface area contributed by atoms with Crippen molar-refractivity contribution in [3.05, 3.63) is 60.8 Å². The number of amides is 1. The summed E-state index contributed by atoms with van der Waals surface area (Å²) in [5, 5.41) is 33.3. The largest absolute Gasteiger partial charge is 0.394 e. The van der Waals surface area contributed by atoms with Crippen LogP contribution < -0.4 is 5.32 Å². The Hall–Kier alpha value is -1.95. The molecule has 0 aromatic rings. The summed E-state index contributed by atoms with van der Waals surface area (Å²) in [4.78, 5) is 12.5. The average molecular weight is 897 g/mol. The molecule has 0 heterocycles. The third kappa shape index (κ3) is 48.0. The molecule has 0 rings (SSSR count). The molecule has 0 fully saturated rings. The first-order valence-corrected chi connectivity index (χ1v) is 28.1. The molecule has 0 aromatic heterocycles. The number of nitrogens with one attached hydrogen (secondary N) is 1. The van der Waals surface area contributed by atoms with Crippen molar-refractivity contribution in [2.24, 2.45) is 0 Å². The first kappa shape index (κ1) is 62.1. The highest BCUT2D eigenvalue weighted by atomic mass is 16.3. The molecule has 0 aliphatic rings. The van der Waals surface area contributed by atoms with Crippen LogP contribution in [0.1, 0.15) is 284 Å². The van der Waals surface area contributed by atoms with E-state index < -0.39 is 24.2 Å². The average Bonchev–Trinajstić information content (AvgIpc) is 3.30. The monoisotopic (exact) mass is 896 g/mol. The fourth-order valence-electron chi connectivity index (χ4n) is 8.43. The van der Waals surface area contributed by atoms with E-state index in [1.165, 1.54) is 212 Å². The van der Waals surface area contributed by atoms with Crippen LogP contribution in [-0.4, -0.2) is 46.1 Å². The lowest BCUT2D eigenvalue weighted by Crippen LogP contribution is -2.48. The summed E-state index contributed by atoms with van der Waals surface area (Å²) in [5.74, 6) is -0.516. The van der Waals surface area contributed by atoms with Gasteiger partial charge in [-0.1, -0.05) is 267 Å². The molecule has 4 N–H and O–H groups in total. The van der Waals surface area contributed by atoms with Gasteiger partial charge in [-0.25, -0.2) is 0 Å². The van der Waals surface area contributed by atoms with Crippen LogP contribution >= 0.6 is 0 Å². The van der Waals surface area contributed by atoms with Crippen molar-refractivity contribution in [3.8, 4) is 0 Å². The molecule has 0 bridgehead atoms. The van der Waals surface area contributed by atoms with Gasteiger partial charge in [0.1, 0.15) is 6.10 Å². The predicted octanol–water partition coefficient (Wildman–Crippen LogP) is 17.4. The van der Waals surface area contributed by atoms with Crippen LogP contribution in [0.2, 0.25) is 0 Å². The molecule has 3 unspecified atom stereocenters. The van der Waals surface area contributed by atoms with Gasteiger partial charge in [0.25, 0.3) is 0 Å². The van der Waals surface area contributed by atoms with E-state index in [1.807, 2.05) is 6.08 Å². The standard InChI is InChI=1S/C59H109NO4/c1-3-5-7-9-11-13-15-17-19-21-23-25-26-27-28-29-30-31-32-33-34-36-38-40-42-44-46-48-50-52-54-58(63)59(64)60-56(55-61)57(62)53-51-49-47-45-43-41-39-37-35-24-22-20-18-16-14-12-10-8-6-4-2/h23,25,27-28,35,37,43,45,51,53,56-58,61-63H,3-22,24,26,29-34,36,38-42,44,46-50,52,54-55H2,1-2H3,(H,60,64)/b25-23-,28-27-,37-35+,45-43+,53-51+. The van der Waals surface area contributed by atoms with Gasteiger partial charge in [-0.05, 0) is 77.0 Å². The minimum Gasteiger partial charge on any atom is -0.394 e. The van der Waals surface area contributed by atoms with Gasteiger partial charge in [0.2, 0.25) is 5.91 Å². The molecule has 374 valence electrons. The number of carbonyl (C=O) groups excluding carboxylic acids is 1. The van der Waals surface area contributed by atoms with Crippen molar-refractivity contribution in [2.45, 2.75) is 302 Å². The lowest BCUT2D eigenvalue weighted by atomic mass is 10.0. The molecule has 64 heavy (non-hydrogen) atoms. The summed E-state index contributed by atoms with van der Waals surface area (Å²) >= 11 is 0. The highest BCUT2D eigenvalue weighted by Gasteiger charge is 2.22. The minimum absolute atomic E-state index is 0.382. The lowest BCUT2D eigenvalue weighted by Gasteiger charge is -2.21. The van der Waals surface area contributed by atoms with Crippen LogP contribution in [0, 0.1) is 0 Å². The van der Waals surface area contributed by atoms with Crippen molar-refractivity contribution in [1.82, 2.24) is 5.32 Å². The summed E-state index contributed by atoms with van der Waals surface area (Å²) in [5.41, 5.74) is 0. The number of aliphatic hydroxyl groups excluding tert-OH is 3. The van der Waals surface area contributed by atoms with Crippen molar-refractivity contribution >= 4 is 5.91 Å². The summed E-state index contributed by atoms with van der Waals surface area (Å²) in [7, 11) is 0. The van der Waals surface area contributed by atoms with Gasteiger partial charge in [0.15, 0.2) is 0 Å². The number of allylic oxidation sites excluding steroid dienone is 9. The van der Waals surface area contributed by atoms with E-state index >= 15 is 0 Å². The number of unbranched alkanes of at least 4 members (excludes halogenated alkanes) is 35. The van der Waals surface area contributed by atoms with Gasteiger partial charge in [-0.15, -0.1) is 0 Å². The SMILES string of the molecule is CCCCCCCCCCC/C=C\C/C=C\CCCCCCCCCCCCCCCCC(O)C(=O)NC(CO)C(O)/C=C/CC/C=C/CC/C=C/CCCCCCCCCCCC. The molecule has 0 radical (unpaired) electrons. The van der Waals surface area contributed by atoms with Crippen LogP contribution in [0.5, 0.6) is 0 Å². The van der Waals surface area contributed by atoms with Crippen LogP contribution in [0.25, 0.3) is 0 Å². The zero-order valence-corrected chi connectivity index (χ0v) is 42.7. The molecular weight excluding hydrogens is 787 g/mol. The first-order chi connectivity index (χ1) is 31.6. The van der Waals surface area contributed by atoms with E-state index in [2.05, 4.69) is 67.8 Å². The Bertz CT molecular complexity index is 1080. The van der Waals surface area contributed by atoms with E-state index in [9.17, 15) is 20.1 Å². The lowest BCUT2D eigenvalue weighted by molar-refractivity contribution is -0.131. The van der Waals surface area contributed by atoms with Gasteiger partial charge in [0.05, 0.1) is 18.8 Å². The van der Waals surface area contributed by atoms with Crippen LogP contribution in [0.3, 0.4) is 0 Å². The second-order valence-corrected chi connectivity index (χ2v) is 19.1. The Morgan fingerprint density at radius 3 is 1.05 bits per heavy atom. The maximum atomic E-state index is 12.5. The predicted molar refractivity (Wildman–Crippen MR) is 282 cm³/mol. The highest BCUT2D eigenvalue weighted by Crippen LogP contribution is 2.16. The molecule has 0 saturated carbocycles. The van der Waals surface area contributed by atoms with Gasteiger partial charge >= 0.3 is 0 Å². The smallest absolute Gasteiger partial charge is 0.249 e. The van der Waals surface area contributed by atoms with E-state index in [0.717, 1.165) is 51.4 Å². The van der Waals surface area contributed by atoms with Crippen LogP contribution in [0.4, 0.5) is 0 Å². The first-order valence-electron chi connectivity index (χ1n) is 28.1. The van der Waals surface area contributed by atoms with Crippen LogP contribution in [0.15, 0.2) is 60.8 Å². The molecule has 0 aliphatic heterocycles. The van der Waals surface area contributed by atoms with Gasteiger partial charge in [0, 0.05) is 0 Å². The van der Waals surface area contributed by atoms with Crippen molar-refractivity contribution in [3.63, 3.8) is 0 Å². The zero-order valence-electron chi connectivity index (χ0n) is 42.7. The molecular formula is C59H109NO4. The molecule has 0 aromatic carbocycles. The molecule has 5 heteroatoms. The van der Waals surface area contributed by atoms with E-state index in [4.69, 9.17) is 0 Å². The number of hydrogen-bond acceptors (Lipinski definition) is 4. The fourth-order valence-corrected chi connectivity index (χ4v) is 8.43. The third-order valence-electron chi connectivity index (χ3n) is 12.8. The van der Waals surface area contributed by atoms with Gasteiger partial charge in [-0.3, -0.25) is 4.79 Å². The van der Waals surface area contributed by atoms with Gasteiger partial charge in [-0.2, -0.15) is 0 Å².